The Labute approximate surface area is 435 Å². The van der Waals surface area contributed by atoms with Crippen LogP contribution >= 0.6 is 0 Å². The molecule has 0 amide bonds. The SMILES string of the molecule is CCCCCCOC(C)C.CCCCCOC(C)C.CCCCOC(C)C.CCCCOC(C)C.CCCOC(C)C.COCCCCOC(C)C.COCCCOC(C)C.COCCOC(C)C. The average Bonchev–Trinajstić information content (AvgIpc) is 3.27. The normalized spacial score (nSPS) is 10.6. The first-order chi connectivity index (χ1) is 32.7. The molecule has 0 saturated heterocycles. The Hall–Kier alpha value is -0.440. The Morgan fingerprint density at radius 1 is 0.188 bits per heavy atom. The van der Waals surface area contributed by atoms with E-state index in [9.17, 15) is 0 Å². The van der Waals surface area contributed by atoms with Gasteiger partial charge in [0.1, 0.15) is 0 Å². The summed E-state index contributed by atoms with van der Waals surface area (Å²) in [7, 11) is 5.10. The van der Waals surface area contributed by atoms with E-state index in [1.807, 2.05) is 27.7 Å². The second-order valence-electron chi connectivity index (χ2n) is 18.9. The lowest BCUT2D eigenvalue weighted by molar-refractivity contribution is 0.0351. The number of ether oxygens (including phenoxy) is 11. The zero-order valence-electron chi connectivity index (χ0n) is 51.5. The van der Waals surface area contributed by atoms with Crippen LogP contribution in [0.25, 0.3) is 0 Å². The van der Waals surface area contributed by atoms with Crippen molar-refractivity contribution in [1.29, 1.82) is 0 Å². The molecule has 0 aromatic heterocycles. The van der Waals surface area contributed by atoms with Crippen molar-refractivity contribution in [2.75, 3.05) is 94.0 Å². The van der Waals surface area contributed by atoms with Crippen molar-refractivity contribution in [3.63, 3.8) is 0 Å². The summed E-state index contributed by atoms with van der Waals surface area (Å²) in [4.78, 5) is 0. The van der Waals surface area contributed by atoms with Crippen LogP contribution in [0.3, 0.4) is 0 Å². The summed E-state index contributed by atoms with van der Waals surface area (Å²) in [6.45, 7) is 53.1. The predicted molar refractivity (Wildman–Crippen MR) is 302 cm³/mol. The minimum absolute atomic E-state index is 0.324. The van der Waals surface area contributed by atoms with Gasteiger partial charge in [0.05, 0.1) is 62.0 Å². The second-order valence-corrected chi connectivity index (χ2v) is 18.9. The number of rotatable bonds is 37. The highest BCUT2D eigenvalue weighted by molar-refractivity contribution is 4.43. The molecular weight excluding hydrogens is 873 g/mol. The Morgan fingerprint density at radius 2 is 0.406 bits per heavy atom. The average molecular weight is 1010 g/mol. The predicted octanol–water partition coefficient (Wildman–Crippen LogP) is 16.2. The van der Waals surface area contributed by atoms with E-state index < -0.39 is 0 Å². The van der Waals surface area contributed by atoms with Crippen molar-refractivity contribution in [2.24, 2.45) is 0 Å². The Kier molecular flexibility index (Phi) is 101. The summed E-state index contributed by atoms with van der Waals surface area (Å²) in [5, 5.41) is 0. The number of hydrogen-bond acceptors (Lipinski definition) is 11. The molecule has 0 aromatic rings. The molecule has 0 unspecified atom stereocenters. The maximum atomic E-state index is 5.39. The van der Waals surface area contributed by atoms with Gasteiger partial charge in [0.15, 0.2) is 0 Å². The molecule has 0 rings (SSSR count). The molecule has 0 N–H and O–H groups in total. The minimum atomic E-state index is 0.324. The van der Waals surface area contributed by atoms with Gasteiger partial charge in [0.25, 0.3) is 0 Å². The van der Waals surface area contributed by atoms with Gasteiger partial charge in [0.2, 0.25) is 0 Å². The van der Waals surface area contributed by atoms with Gasteiger partial charge >= 0.3 is 0 Å². The highest BCUT2D eigenvalue weighted by Gasteiger charge is 1.95. The van der Waals surface area contributed by atoms with E-state index in [2.05, 4.69) is 118 Å². The fourth-order valence-electron chi connectivity index (χ4n) is 4.36. The van der Waals surface area contributed by atoms with Crippen LogP contribution in [-0.4, -0.2) is 143 Å². The van der Waals surface area contributed by atoms with E-state index in [1.54, 1.807) is 21.3 Å². The van der Waals surface area contributed by atoms with Crippen LogP contribution in [0, 0.1) is 0 Å². The molecule has 11 nitrogen and oxygen atoms in total. The summed E-state index contributed by atoms with van der Waals surface area (Å²) >= 11 is 0. The van der Waals surface area contributed by atoms with E-state index in [-0.39, 0.29) is 0 Å². The van der Waals surface area contributed by atoms with Gasteiger partial charge in [-0.1, -0.05) is 79.6 Å². The summed E-state index contributed by atoms with van der Waals surface area (Å²) < 4.78 is 56.7. The Bertz CT molecular complexity index is 684. The molecule has 0 aliphatic rings. The van der Waals surface area contributed by atoms with E-state index in [1.165, 1.54) is 70.6 Å². The first-order valence-corrected chi connectivity index (χ1v) is 28.1. The first kappa shape index (κ1) is 85.3. The summed E-state index contributed by atoms with van der Waals surface area (Å²) in [5.74, 6) is 0. The van der Waals surface area contributed by atoms with Gasteiger partial charge in [-0.3, -0.25) is 0 Å². The largest absolute Gasteiger partial charge is 0.385 e. The molecule has 69 heavy (non-hydrogen) atoms. The van der Waals surface area contributed by atoms with Crippen molar-refractivity contribution in [3.05, 3.63) is 0 Å². The first-order valence-electron chi connectivity index (χ1n) is 28.1. The van der Waals surface area contributed by atoms with Crippen LogP contribution in [0.1, 0.15) is 242 Å². The van der Waals surface area contributed by atoms with Crippen LogP contribution in [0.4, 0.5) is 0 Å². The molecule has 11 heteroatoms. The zero-order chi connectivity index (χ0) is 54.8. The molecular formula is C58H132O11. The Morgan fingerprint density at radius 3 is 0.681 bits per heavy atom. The van der Waals surface area contributed by atoms with Gasteiger partial charge in [-0.25, -0.2) is 0 Å². The molecule has 0 bridgehead atoms. The van der Waals surface area contributed by atoms with Gasteiger partial charge in [-0.2, -0.15) is 0 Å². The molecule has 0 aliphatic carbocycles. The van der Waals surface area contributed by atoms with Gasteiger partial charge in [-0.05, 0) is 162 Å². The second kappa shape index (κ2) is 81.6. The van der Waals surface area contributed by atoms with Crippen LogP contribution < -0.4 is 0 Å². The number of methoxy groups -OCH3 is 3. The van der Waals surface area contributed by atoms with Crippen molar-refractivity contribution in [2.45, 2.75) is 291 Å². The minimum Gasteiger partial charge on any atom is -0.385 e. The van der Waals surface area contributed by atoms with Crippen molar-refractivity contribution in [3.8, 4) is 0 Å². The zero-order valence-corrected chi connectivity index (χ0v) is 51.5. The summed E-state index contributed by atoms with van der Waals surface area (Å²) in [6.07, 6.45) is 21.2. The molecule has 430 valence electrons. The van der Waals surface area contributed by atoms with Crippen LogP contribution in [0.15, 0.2) is 0 Å². The van der Waals surface area contributed by atoms with Gasteiger partial charge < -0.3 is 52.1 Å². The van der Waals surface area contributed by atoms with E-state index >= 15 is 0 Å². The van der Waals surface area contributed by atoms with Crippen LogP contribution in [0.2, 0.25) is 0 Å². The molecule has 0 atom stereocenters. The van der Waals surface area contributed by atoms with E-state index in [0.29, 0.717) is 62.0 Å². The maximum Gasteiger partial charge on any atom is 0.0703 e. The highest BCUT2D eigenvalue weighted by Crippen LogP contribution is 2.01. The molecule has 0 aromatic carbocycles. The fraction of sp³-hybridized carbons (Fsp3) is 1.00. The number of hydrogen-bond donors (Lipinski definition) is 0. The summed E-state index contributed by atoms with van der Waals surface area (Å²) in [5.41, 5.74) is 0. The van der Waals surface area contributed by atoms with Gasteiger partial charge in [0, 0.05) is 80.8 Å². The molecule has 0 fully saturated rings. The molecule has 0 saturated carbocycles. The molecule has 0 heterocycles. The third kappa shape index (κ3) is 146. The monoisotopic (exact) mass is 1000 g/mol. The Balaban J connectivity index is -0.000000103. The third-order valence-electron chi connectivity index (χ3n) is 8.08. The van der Waals surface area contributed by atoms with Crippen LogP contribution in [0.5, 0.6) is 0 Å². The van der Waals surface area contributed by atoms with Crippen molar-refractivity contribution >= 4 is 0 Å². The lowest BCUT2D eigenvalue weighted by Crippen LogP contribution is -2.07. The van der Waals surface area contributed by atoms with Crippen molar-refractivity contribution < 1.29 is 52.1 Å². The standard InChI is InChI=1S/C9H20O.C8H18O2.C8H18O.C7H16O2.2C7H16O.C6H14O2.C6H14O/c1-4-5-6-7-8-10-9(2)3;1-8(2)10-7-5-4-6-9-3;1-4-5-6-7-9-8(2)3;1-7(2)9-6-4-5-8-3;2*1-4-5-6-8-7(2)3;1-6(2)8-5-4-7-3;1-4-5-7-6(2)3/h9H,4-8H2,1-3H3;8H,4-7H2,1-3H3;8H,4-7H2,1-3H3;7H,4-6H2,1-3H3;2*7H,4-6H2,1-3H3;6H,4-5H2,1-3H3;6H,4-5H2,1-3H3. The van der Waals surface area contributed by atoms with Crippen LogP contribution in [-0.2, 0) is 52.1 Å². The molecule has 0 radical (unpaired) electrons. The summed E-state index contributed by atoms with van der Waals surface area (Å²) in [6, 6.07) is 0. The molecule has 0 spiro atoms. The fourth-order valence-corrected chi connectivity index (χ4v) is 4.36. The number of unbranched alkanes of at least 4 members (excludes halogenated alkanes) is 8. The van der Waals surface area contributed by atoms with Crippen molar-refractivity contribution in [1.82, 2.24) is 0 Å². The maximum absolute atomic E-state index is 5.39. The molecule has 0 aliphatic heterocycles. The van der Waals surface area contributed by atoms with E-state index in [4.69, 9.17) is 52.1 Å². The third-order valence-corrected chi connectivity index (χ3v) is 8.08. The highest BCUT2D eigenvalue weighted by atomic mass is 16.5. The topological polar surface area (TPSA) is 102 Å². The lowest BCUT2D eigenvalue weighted by Gasteiger charge is -2.05. The quantitative estimate of drug-likeness (QED) is 0.0556. The smallest absolute Gasteiger partial charge is 0.0703 e. The van der Waals surface area contributed by atoms with Gasteiger partial charge in [-0.15, -0.1) is 0 Å². The van der Waals surface area contributed by atoms with E-state index in [0.717, 1.165) is 85.1 Å². The lowest BCUT2D eigenvalue weighted by atomic mass is 10.2.